The van der Waals surface area contributed by atoms with Crippen LogP contribution in [0.2, 0.25) is 0 Å². The van der Waals surface area contributed by atoms with Crippen molar-refractivity contribution in [1.82, 2.24) is 15.2 Å². The molecular formula is C15H21N3O4. The summed E-state index contributed by atoms with van der Waals surface area (Å²) in [7, 11) is 3.11. The van der Waals surface area contributed by atoms with Crippen molar-refractivity contribution in [3.63, 3.8) is 0 Å². The molecule has 0 aliphatic carbocycles. The Hall–Kier alpha value is -2.15. The molecule has 0 spiro atoms. The Balaban J connectivity index is 2.32. The van der Waals surface area contributed by atoms with Crippen molar-refractivity contribution >= 4 is 11.8 Å². The van der Waals surface area contributed by atoms with E-state index in [9.17, 15) is 14.7 Å². The highest BCUT2D eigenvalue weighted by molar-refractivity contribution is 5.96. The van der Waals surface area contributed by atoms with E-state index in [4.69, 9.17) is 4.74 Å². The second-order valence-electron chi connectivity index (χ2n) is 5.44. The van der Waals surface area contributed by atoms with Gasteiger partial charge in [0, 0.05) is 26.9 Å². The molecule has 2 N–H and O–H groups in total. The number of aromatic hydroxyl groups is 1. The van der Waals surface area contributed by atoms with Crippen LogP contribution in [0.1, 0.15) is 29.8 Å². The highest BCUT2D eigenvalue weighted by atomic mass is 16.5. The van der Waals surface area contributed by atoms with Crippen molar-refractivity contribution in [3.8, 4) is 5.75 Å². The first-order chi connectivity index (χ1) is 10.5. The van der Waals surface area contributed by atoms with Crippen LogP contribution in [-0.4, -0.2) is 59.7 Å². The summed E-state index contributed by atoms with van der Waals surface area (Å²) in [5.41, 5.74) is -0.697. The molecule has 1 unspecified atom stereocenters. The molecule has 1 atom stereocenters. The molecule has 1 aromatic rings. The minimum Gasteiger partial charge on any atom is -0.505 e. The number of carbonyl (C=O) groups is 2. The zero-order chi connectivity index (χ0) is 16.2. The van der Waals surface area contributed by atoms with Gasteiger partial charge in [0.25, 0.3) is 5.91 Å². The number of likely N-dealkylation sites (tertiary alicyclic amines) is 1. The number of pyridine rings is 1. The number of ether oxygens (including phenoxy) is 1. The van der Waals surface area contributed by atoms with E-state index in [0.29, 0.717) is 13.0 Å². The minimum atomic E-state index is -0.699. The fraction of sp³-hybridized carbons (Fsp3) is 0.533. The zero-order valence-electron chi connectivity index (χ0n) is 12.8. The quantitative estimate of drug-likeness (QED) is 0.828. The summed E-state index contributed by atoms with van der Waals surface area (Å²) in [6, 6.07) is 2.98. The maximum Gasteiger partial charge on any atom is 0.276 e. The Kier molecular flexibility index (Phi) is 4.97. The van der Waals surface area contributed by atoms with Gasteiger partial charge < -0.3 is 20.1 Å². The Bertz CT molecular complexity index is 563. The van der Waals surface area contributed by atoms with Gasteiger partial charge in [-0.25, -0.2) is 4.98 Å². The van der Waals surface area contributed by atoms with Crippen molar-refractivity contribution in [3.05, 3.63) is 24.0 Å². The third-order valence-electron chi connectivity index (χ3n) is 4.01. The van der Waals surface area contributed by atoms with Gasteiger partial charge in [-0.2, -0.15) is 0 Å². The first-order valence-electron chi connectivity index (χ1n) is 7.19. The van der Waals surface area contributed by atoms with Crippen LogP contribution in [0.3, 0.4) is 0 Å². The summed E-state index contributed by atoms with van der Waals surface area (Å²) in [6.07, 6.45) is 3.07. The summed E-state index contributed by atoms with van der Waals surface area (Å²) < 4.78 is 5.26. The number of nitrogens with one attached hydrogen (secondary N) is 1. The molecule has 1 aliphatic heterocycles. The lowest BCUT2D eigenvalue weighted by atomic mass is 9.92. The SMILES string of the molecule is CNC(=O)CC1(COC)CCCN1C(=O)c1ncccc1O. The number of nitrogens with zero attached hydrogens (tertiary/aromatic N) is 2. The first kappa shape index (κ1) is 16.2. The lowest BCUT2D eigenvalue weighted by Crippen LogP contribution is -2.53. The minimum absolute atomic E-state index is 0.00165. The third-order valence-corrected chi connectivity index (χ3v) is 4.01. The molecule has 7 nitrogen and oxygen atoms in total. The zero-order valence-corrected chi connectivity index (χ0v) is 12.8. The number of aromatic nitrogens is 1. The van der Waals surface area contributed by atoms with Crippen LogP contribution < -0.4 is 5.32 Å². The van der Waals surface area contributed by atoms with Crippen molar-refractivity contribution in [2.75, 3.05) is 27.3 Å². The van der Waals surface area contributed by atoms with E-state index in [2.05, 4.69) is 10.3 Å². The van der Waals surface area contributed by atoms with Crippen LogP contribution in [0.4, 0.5) is 0 Å². The first-order valence-corrected chi connectivity index (χ1v) is 7.19. The predicted molar refractivity (Wildman–Crippen MR) is 79.5 cm³/mol. The fourth-order valence-corrected chi connectivity index (χ4v) is 2.99. The lowest BCUT2D eigenvalue weighted by molar-refractivity contribution is -0.123. The summed E-state index contributed by atoms with van der Waals surface area (Å²) >= 11 is 0. The molecule has 0 saturated carbocycles. The van der Waals surface area contributed by atoms with E-state index in [1.807, 2.05) is 0 Å². The number of amides is 2. The highest BCUT2D eigenvalue weighted by Gasteiger charge is 2.46. The van der Waals surface area contributed by atoms with Crippen LogP contribution in [0.25, 0.3) is 0 Å². The molecule has 22 heavy (non-hydrogen) atoms. The van der Waals surface area contributed by atoms with Crippen LogP contribution >= 0.6 is 0 Å². The Morgan fingerprint density at radius 1 is 1.55 bits per heavy atom. The molecular weight excluding hydrogens is 286 g/mol. The van der Waals surface area contributed by atoms with E-state index < -0.39 is 5.54 Å². The Morgan fingerprint density at radius 2 is 2.32 bits per heavy atom. The van der Waals surface area contributed by atoms with Crippen LogP contribution in [0.15, 0.2) is 18.3 Å². The summed E-state index contributed by atoms with van der Waals surface area (Å²) in [6.45, 7) is 0.773. The number of carbonyl (C=O) groups excluding carboxylic acids is 2. The molecule has 1 saturated heterocycles. The molecule has 1 fully saturated rings. The largest absolute Gasteiger partial charge is 0.505 e. The predicted octanol–water partition coefficient (Wildman–Crippen LogP) is 0.545. The van der Waals surface area contributed by atoms with Crippen molar-refractivity contribution in [2.45, 2.75) is 24.8 Å². The number of methoxy groups -OCH3 is 1. The third kappa shape index (κ3) is 3.04. The van der Waals surface area contributed by atoms with Gasteiger partial charge in [0.1, 0.15) is 5.75 Å². The van der Waals surface area contributed by atoms with Gasteiger partial charge in [-0.1, -0.05) is 0 Å². The number of hydrogen-bond donors (Lipinski definition) is 2. The maximum atomic E-state index is 12.7. The van der Waals surface area contributed by atoms with Crippen molar-refractivity contribution in [1.29, 1.82) is 0 Å². The van der Waals surface area contributed by atoms with Crippen molar-refractivity contribution < 1.29 is 19.4 Å². The van der Waals surface area contributed by atoms with Gasteiger partial charge in [-0.05, 0) is 25.0 Å². The van der Waals surface area contributed by atoms with Gasteiger partial charge >= 0.3 is 0 Å². The molecule has 0 bridgehead atoms. The Morgan fingerprint density at radius 3 is 2.95 bits per heavy atom. The van der Waals surface area contributed by atoms with Gasteiger partial charge in [-0.3, -0.25) is 9.59 Å². The topological polar surface area (TPSA) is 91.8 Å². The van der Waals surface area contributed by atoms with E-state index in [-0.39, 0.29) is 36.3 Å². The molecule has 1 aromatic heterocycles. The standard InChI is InChI=1S/C15H21N3O4/c1-16-12(20)9-15(10-22-2)6-4-8-18(15)14(21)13-11(19)5-3-7-17-13/h3,5,7,19H,4,6,8-10H2,1-2H3,(H,16,20). The number of hydrogen-bond acceptors (Lipinski definition) is 5. The Labute approximate surface area is 129 Å². The second-order valence-corrected chi connectivity index (χ2v) is 5.44. The lowest BCUT2D eigenvalue weighted by Gasteiger charge is -2.37. The van der Waals surface area contributed by atoms with Gasteiger partial charge in [0.2, 0.25) is 5.91 Å². The van der Waals surface area contributed by atoms with Crippen molar-refractivity contribution in [2.24, 2.45) is 0 Å². The maximum absolute atomic E-state index is 12.7. The smallest absolute Gasteiger partial charge is 0.276 e. The normalized spacial score (nSPS) is 20.9. The molecule has 7 heteroatoms. The van der Waals surface area contributed by atoms with E-state index in [1.54, 1.807) is 25.1 Å². The molecule has 2 heterocycles. The summed E-state index contributed by atoms with van der Waals surface area (Å²) in [4.78, 5) is 30.2. The average molecular weight is 307 g/mol. The number of rotatable bonds is 5. The summed E-state index contributed by atoms with van der Waals surface area (Å²) in [5.74, 6) is -0.691. The fourth-order valence-electron chi connectivity index (χ4n) is 2.99. The molecule has 2 amide bonds. The molecule has 0 aromatic carbocycles. The van der Waals surface area contributed by atoms with Gasteiger partial charge in [-0.15, -0.1) is 0 Å². The average Bonchev–Trinajstić information content (AvgIpc) is 2.90. The second kappa shape index (κ2) is 6.74. The molecule has 1 aliphatic rings. The molecule has 2 rings (SSSR count). The monoisotopic (exact) mass is 307 g/mol. The van der Waals surface area contributed by atoms with Gasteiger partial charge in [0.15, 0.2) is 5.69 Å². The highest BCUT2D eigenvalue weighted by Crippen LogP contribution is 2.35. The van der Waals surface area contributed by atoms with E-state index in [1.165, 1.54) is 12.3 Å². The van der Waals surface area contributed by atoms with Crippen LogP contribution in [-0.2, 0) is 9.53 Å². The molecule has 0 radical (unpaired) electrons. The summed E-state index contributed by atoms with van der Waals surface area (Å²) in [5, 5.41) is 12.4. The molecule has 120 valence electrons. The van der Waals surface area contributed by atoms with E-state index in [0.717, 1.165) is 6.42 Å². The van der Waals surface area contributed by atoms with Crippen LogP contribution in [0.5, 0.6) is 5.75 Å². The van der Waals surface area contributed by atoms with Gasteiger partial charge in [0.05, 0.1) is 18.6 Å². The van der Waals surface area contributed by atoms with E-state index >= 15 is 0 Å². The van der Waals surface area contributed by atoms with Crippen LogP contribution in [0, 0.1) is 0 Å².